The highest BCUT2D eigenvalue weighted by molar-refractivity contribution is 14.1. The largest absolute Gasteiger partial charge is 0.444 e. The lowest BCUT2D eigenvalue weighted by molar-refractivity contribution is -0.0570. The summed E-state index contributed by atoms with van der Waals surface area (Å²) >= 11 is 2.31. The normalized spacial score (nSPS) is 34.4. The molecule has 0 saturated carbocycles. The molecule has 0 aliphatic carbocycles. The molecule has 1 fully saturated rings. The molecule has 0 radical (unpaired) electrons. The van der Waals surface area contributed by atoms with Gasteiger partial charge in [-0.1, -0.05) is 22.6 Å². The highest BCUT2D eigenvalue weighted by atomic mass is 127. The Morgan fingerprint density at radius 1 is 1.55 bits per heavy atom. The fraction of sp³-hybridized carbons (Fsp3) is 0.857. The molecule has 3 unspecified atom stereocenters. The van der Waals surface area contributed by atoms with E-state index < -0.39 is 11.3 Å². The van der Waals surface area contributed by atoms with Gasteiger partial charge in [-0.15, -0.1) is 0 Å². The van der Waals surface area contributed by atoms with Gasteiger partial charge in [0, 0.05) is 18.7 Å². The van der Waals surface area contributed by atoms with Gasteiger partial charge in [0.15, 0.2) is 5.72 Å². The lowest BCUT2D eigenvalue weighted by Crippen LogP contribution is -2.49. The summed E-state index contributed by atoms with van der Waals surface area (Å²) in [6.07, 6.45) is 3.39. The molecule has 2 aliphatic heterocycles. The second-order valence-corrected chi connectivity index (χ2v) is 7.94. The number of hydrogen-bond donors (Lipinski definition) is 0. The summed E-state index contributed by atoms with van der Waals surface area (Å²) in [4.78, 5) is 18.4. The summed E-state index contributed by atoms with van der Waals surface area (Å²) in [7, 11) is 0. The Kier molecular flexibility index (Phi) is 4.63. The Labute approximate surface area is 134 Å². The lowest BCUT2D eigenvalue weighted by Gasteiger charge is -2.41. The van der Waals surface area contributed by atoms with Crippen molar-refractivity contribution in [2.45, 2.75) is 55.9 Å². The van der Waals surface area contributed by atoms with Crippen LogP contribution in [0.1, 0.15) is 40.5 Å². The van der Waals surface area contributed by atoms with Crippen LogP contribution >= 0.6 is 22.6 Å². The number of amides is 1. The van der Waals surface area contributed by atoms with Crippen LogP contribution in [0.15, 0.2) is 4.99 Å². The first-order chi connectivity index (χ1) is 9.21. The molecule has 2 aliphatic rings. The van der Waals surface area contributed by atoms with Crippen LogP contribution < -0.4 is 0 Å². The predicted octanol–water partition coefficient (Wildman–Crippen LogP) is 3.21. The quantitative estimate of drug-likeness (QED) is 0.390. The van der Waals surface area contributed by atoms with E-state index in [4.69, 9.17) is 9.47 Å². The average molecular weight is 394 g/mol. The number of aliphatic imine (C=N–C) groups is 1. The zero-order valence-electron chi connectivity index (χ0n) is 12.6. The van der Waals surface area contributed by atoms with Gasteiger partial charge in [-0.05, 0) is 40.5 Å². The number of carbonyl (C=O) groups excluding carboxylic acids is 1. The Balaban J connectivity index is 1.96. The van der Waals surface area contributed by atoms with Gasteiger partial charge in [0.1, 0.15) is 5.60 Å². The number of likely N-dealkylation sites (tertiary alicyclic amines) is 1. The van der Waals surface area contributed by atoms with E-state index in [1.54, 1.807) is 0 Å². The molecule has 0 aromatic rings. The fourth-order valence-electron chi connectivity index (χ4n) is 2.61. The molecule has 0 spiro atoms. The van der Waals surface area contributed by atoms with Crippen molar-refractivity contribution in [3.05, 3.63) is 0 Å². The molecular formula is C14H23IN2O3. The van der Waals surface area contributed by atoms with E-state index in [-0.39, 0.29) is 10.1 Å². The third kappa shape index (κ3) is 3.63. The minimum absolute atomic E-state index is 0.123. The van der Waals surface area contributed by atoms with E-state index in [1.165, 1.54) is 0 Å². The van der Waals surface area contributed by atoms with Crippen LogP contribution in [-0.2, 0) is 9.47 Å². The van der Waals surface area contributed by atoms with Crippen molar-refractivity contribution < 1.29 is 14.3 Å². The van der Waals surface area contributed by atoms with Gasteiger partial charge >= 0.3 is 6.09 Å². The molecule has 1 amide bonds. The Morgan fingerprint density at radius 2 is 2.25 bits per heavy atom. The predicted molar refractivity (Wildman–Crippen MR) is 86.3 cm³/mol. The first kappa shape index (κ1) is 16.0. The van der Waals surface area contributed by atoms with Gasteiger partial charge in [-0.25, -0.2) is 4.79 Å². The SMILES string of the molecule is CC(C)(C)OC(=O)N1CCC(C2(C)N=CCO2)CC1I. The van der Waals surface area contributed by atoms with Gasteiger partial charge in [0.05, 0.1) is 10.7 Å². The van der Waals surface area contributed by atoms with Gasteiger partial charge < -0.3 is 9.47 Å². The maximum Gasteiger partial charge on any atom is 0.411 e. The first-order valence-corrected chi connectivity index (χ1v) is 8.27. The van der Waals surface area contributed by atoms with E-state index in [9.17, 15) is 4.79 Å². The van der Waals surface area contributed by atoms with Crippen LogP contribution in [0.4, 0.5) is 4.79 Å². The van der Waals surface area contributed by atoms with Crippen molar-refractivity contribution in [2.75, 3.05) is 13.2 Å². The standard InChI is InChI=1S/C14H23IN2O3/c1-13(2,3)20-12(18)17-7-5-10(9-11(17)15)14(4)16-6-8-19-14/h6,10-11H,5,7-9H2,1-4H3. The number of hydrogen-bond acceptors (Lipinski definition) is 4. The number of alkyl halides is 1. The third-order valence-electron chi connectivity index (χ3n) is 3.72. The van der Waals surface area contributed by atoms with Crippen LogP contribution in [0.25, 0.3) is 0 Å². The van der Waals surface area contributed by atoms with E-state index >= 15 is 0 Å². The Hall–Kier alpha value is -0.370. The first-order valence-electron chi connectivity index (χ1n) is 7.02. The molecule has 0 N–H and O–H groups in total. The zero-order chi connectivity index (χ0) is 15.0. The smallest absolute Gasteiger partial charge is 0.411 e. The van der Waals surface area contributed by atoms with Gasteiger partial charge in [-0.3, -0.25) is 9.89 Å². The number of halogens is 1. The zero-order valence-corrected chi connectivity index (χ0v) is 14.7. The van der Waals surface area contributed by atoms with Crippen molar-refractivity contribution in [3.8, 4) is 0 Å². The molecular weight excluding hydrogens is 371 g/mol. The maximum absolute atomic E-state index is 12.2. The molecule has 0 bridgehead atoms. The Morgan fingerprint density at radius 3 is 2.75 bits per heavy atom. The number of nitrogens with zero attached hydrogens (tertiary/aromatic N) is 2. The minimum atomic E-state index is -0.449. The molecule has 3 atom stereocenters. The van der Waals surface area contributed by atoms with E-state index in [2.05, 4.69) is 27.6 Å². The van der Waals surface area contributed by atoms with Gasteiger partial charge in [-0.2, -0.15) is 0 Å². The monoisotopic (exact) mass is 394 g/mol. The molecule has 20 heavy (non-hydrogen) atoms. The van der Waals surface area contributed by atoms with Crippen LogP contribution in [0.5, 0.6) is 0 Å². The molecule has 2 rings (SSSR count). The second-order valence-electron chi connectivity index (χ2n) is 6.51. The van der Waals surface area contributed by atoms with Crippen molar-refractivity contribution in [1.29, 1.82) is 0 Å². The number of rotatable bonds is 1. The summed E-state index contributed by atoms with van der Waals surface area (Å²) in [6.45, 7) is 9.00. The summed E-state index contributed by atoms with van der Waals surface area (Å²) in [6, 6.07) is 0. The van der Waals surface area contributed by atoms with Crippen molar-refractivity contribution >= 4 is 34.9 Å². The molecule has 1 saturated heterocycles. The number of piperidine rings is 1. The molecule has 0 aromatic heterocycles. The maximum atomic E-state index is 12.2. The third-order valence-corrected chi connectivity index (χ3v) is 4.90. The highest BCUT2D eigenvalue weighted by Crippen LogP contribution is 2.38. The van der Waals surface area contributed by atoms with Crippen LogP contribution in [0.3, 0.4) is 0 Å². The lowest BCUT2D eigenvalue weighted by atomic mass is 9.88. The summed E-state index contributed by atoms with van der Waals surface area (Å²) < 4.78 is 11.3. The van der Waals surface area contributed by atoms with Gasteiger partial charge in [0.25, 0.3) is 0 Å². The molecule has 5 nitrogen and oxygen atoms in total. The van der Waals surface area contributed by atoms with E-state index in [0.717, 1.165) is 12.8 Å². The molecule has 114 valence electrons. The van der Waals surface area contributed by atoms with E-state index in [1.807, 2.05) is 38.8 Å². The van der Waals surface area contributed by atoms with Crippen molar-refractivity contribution in [2.24, 2.45) is 10.9 Å². The van der Waals surface area contributed by atoms with Crippen LogP contribution in [-0.4, -0.2) is 45.7 Å². The average Bonchev–Trinajstić information content (AvgIpc) is 2.75. The topological polar surface area (TPSA) is 51.1 Å². The fourth-order valence-corrected chi connectivity index (χ4v) is 3.73. The highest BCUT2D eigenvalue weighted by Gasteiger charge is 2.43. The molecule has 6 heteroatoms. The summed E-state index contributed by atoms with van der Waals surface area (Å²) in [5.41, 5.74) is -0.863. The molecule has 0 aromatic carbocycles. The number of ether oxygens (including phenoxy) is 2. The summed E-state index contributed by atoms with van der Waals surface area (Å²) in [5, 5.41) is 0. The van der Waals surface area contributed by atoms with Crippen LogP contribution in [0.2, 0.25) is 0 Å². The minimum Gasteiger partial charge on any atom is -0.444 e. The van der Waals surface area contributed by atoms with Crippen molar-refractivity contribution in [1.82, 2.24) is 4.90 Å². The van der Waals surface area contributed by atoms with Crippen molar-refractivity contribution in [3.63, 3.8) is 0 Å². The van der Waals surface area contributed by atoms with Crippen LogP contribution in [0, 0.1) is 5.92 Å². The number of carbonyl (C=O) groups is 1. The summed E-state index contributed by atoms with van der Waals surface area (Å²) in [5.74, 6) is 0.349. The molecule has 2 heterocycles. The Bertz CT molecular complexity index is 408. The second kappa shape index (κ2) is 5.79. The van der Waals surface area contributed by atoms with E-state index in [0.29, 0.717) is 19.1 Å². The van der Waals surface area contributed by atoms with Gasteiger partial charge in [0.2, 0.25) is 0 Å².